The molecule has 0 unspecified atom stereocenters. The third kappa shape index (κ3) is 3.81. The number of nitrogens with zero attached hydrogens (tertiary/aromatic N) is 2. The van der Waals surface area contributed by atoms with Crippen LogP contribution in [-0.2, 0) is 16.1 Å². The summed E-state index contributed by atoms with van der Waals surface area (Å²) in [6, 6.07) is 12.5. The van der Waals surface area contributed by atoms with Gasteiger partial charge in [0.25, 0.3) is 5.56 Å². The third-order valence-electron chi connectivity index (χ3n) is 3.01. The van der Waals surface area contributed by atoms with E-state index in [2.05, 4.69) is 4.98 Å². The van der Waals surface area contributed by atoms with Crippen molar-refractivity contribution in [3.8, 4) is 0 Å². The largest absolute Gasteiger partial charge is 0.459 e. The van der Waals surface area contributed by atoms with Crippen molar-refractivity contribution in [2.24, 2.45) is 0 Å². The predicted octanol–water partition coefficient (Wildman–Crippen LogP) is 2.43. The molecule has 23 heavy (non-hydrogen) atoms. The number of hydrogen-bond donors (Lipinski definition) is 0. The van der Waals surface area contributed by atoms with Gasteiger partial charge in [0.1, 0.15) is 12.4 Å². The predicted molar refractivity (Wildman–Crippen MR) is 85.4 cm³/mol. The summed E-state index contributed by atoms with van der Waals surface area (Å²) in [4.78, 5) is 28.9. The molecule has 1 aromatic carbocycles. The van der Waals surface area contributed by atoms with E-state index in [4.69, 9.17) is 9.26 Å². The van der Waals surface area contributed by atoms with E-state index < -0.39 is 0 Å². The molecule has 3 aromatic rings. The molecule has 0 saturated heterocycles. The second-order valence-corrected chi connectivity index (χ2v) is 5.90. The van der Waals surface area contributed by atoms with Crippen molar-refractivity contribution in [2.45, 2.75) is 18.4 Å². The molecular formula is C16H14N2O4S. The average Bonchev–Trinajstić information content (AvgIpc) is 2.93. The molecular weight excluding hydrogens is 316 g/mol. The molecule has 0 saturated carbocycles. The maximum Gasteiger partial charge on any atom is 0.316 e. The van der Waals surface area contributed by atoms with Gasteiger partial charge >= 0.3 is 5.97 Å². The number of aromatic nitrogens is 2. The lowest BCUT2D eigenvalue weighted by atomic mass is 10.4. The number of rotatable bonds is 5. The molecule has 2 aromatic heterocycles. The highest BCUT2D eigenvalue weighted by atomic mass is 32.2. The fourth-order valence-corrected chi connectivity index (χ4v) is 2.72. The van der Waals surface area contributed by atoms with Gasteiger partial charge in [0.2, 0.25) is 0 Å². The van der Waals surface area contributed by atoms with Crippen molar-refractivity contribution < 1.29 is 14.1 Å². The van der Waals surface area contributed by atoms with Gasteiger partial charge in [-0.05, 0) is 19.1 Å². The van der Waals surface area contributed by atoms with Gasteiger partial charge in [-0.3, -0.25) is 9.59 Å². The summed E-state index contributed by atoms with van der Waals surface area (Å²) in [6.45, 7) is 1.69. The van der Waals surface area contributed by atoms with Gasteiger partial charge in [-0.2, -0.15) is 0 Å². The lowest BCUT2D eigenvalue weighted by Crippen LogP contribution is -2.15. The van der Waals surface area contributed by atoms with Crippen molar-refractivity contribution in [1.82, 2.24) is 9.56 Å². The van der Waals surface area contributed by atoms with Crippen molar-refractivity contribution in [3.05, 3.63) is 64.3 Å². The van der Waals surface area contributed by atoms with Gasteiger partial charge in [0, 0.05) is 17.0 Å². The zero-order chi connectivity index (χ0) is 16.2. The van der Waals surface area contributed by atoms with Crippen LogP contribution in [0.3, 0.4) is 0 Å². The van der Waals surface area contributed by atoms with E-state index in [1.807, 2.05) is 30.3 Å². The van der Waals surface area contributed by atoms with E-state index in [1.165, 1.54) is 17.8 Å². The first kappa shape index (κ1) is 15.4. The van der Waals surface area contributed by atoms with Gasteiger partial charge in [0.15, 0.2) is 5.65 Å². The Balaban J connectivity index is 1.59. The number of carbonyl (C=O) groups is 1. The fourth-order valence-electron chi connectivity index (χ4n) is 2.00. The summed E-state index contributed by atoms with van der Waals surface area (Å²) >= 11 is 1.40. The maximum atomic E-state index is 11.9. The molecule has 0 radical (unpaired) electrons. The molecule has 0 amide bonds. The molecule has 0 N–H and O–H groups in total. The molecule has 0 bridgehead atoms. The SMILES string of the molecule is Cc1cc2nc(COC(=O)CSc3ccccc3)cc(=O)n2o1. The highest BCUT2D eigenvalue weighted by molar-refractivity contribution is 8.00. The van der Waals surface area contributed by atoms with Crippen LogP contribution in [0.1, 0.15) is 11.5 Å². The van der Waals surface area contributed by atoms with E-state index in [-0.39, 0.29) is 23.9 Å². The fraction of sp³-hybridized carbons (Fsp3) is 0.188. The number of benzene rings is 1. The van der Waals surface area contributed by atoms with Gasteiger partial charge in [-0.15, -0.1) is 16.3 Å². The van der Waals surface area contributed by atoms with Crippen LogP contribution in [0.25, 0.3) is 5.65 Å². The number of aryl methyl sites for hydroxylation is 1. The number of fused-ring (bicyclic) bond motifs is 1. The monoisotopic (exact) mass is 330 g/mol. The summed E-state index contributed by atoms with van der Waals surface area (Å²) in [7, 11) is 0. The van der Waals surface area contributed by atoms with Crippen LogP contribution in [0.5, 0.6) is 0 Å². The van der Waals surface area contributed by atoms with Crippen LogP contribution in [0.4, 0.5) is 0 Å². The molecule has 0 spiro atoms. The zero-order valence-corrected chi connectivity index (χ0v) is 13.2. The lowest BCUT2D eigenvalue weighted by Gasteiger charge is -2.04. The Morgan fingerprint density at radius 2 is 2.09 bits per heavy atom. The molecule has 0 aliphatic rings. The summed E-state index contributed by atoms with van der Waals surface area (Å²) < 4.78 is 11.5. The molecule has 0 fully saturated rings. The molecule has 7 heteroatoms. The number of thioether (sulfide) groups is 1. The van der Waals surface area contributed by atoms with E-state index in [9.17, 15) is 9.59 Å². The average molecular weight is 330 g/mol. The van der Waals surface area contributed by atoms with Gasteiger partial charge in [-0.25, -0.2) is 4.98 Å². The lowest BCUT2D eigenvalue weighted by molar-refractivity contribution is -0.141. The van der Waals surface area contributed by atoms with Crippen LogP contribution >= 0.6 is 11.8 Å². The van der Waals surface area contributed by atoms with Crippen LogP contribution < -0.4 is 5.56 Å². The van der Waals surface area contributed by atoms with E-state index in [1.54, 1.807) is 13.0 Å². The molecule has 118 valence electrons. The Kier molecular flexibility index (Phi) is 4.47. The third-order valence-corrected chi connectivity index (χ3v) is 3.99. The first-order valence-electron chi connectivity index (χ1n) is 6.95. The molecule has 0 atom stereocenters. The first-order chi connectivity index (χ1) is 11.1. The van der Waals surface area contributed by atoms with Crippen molar-refractivity contribution in [1.29, 1.82) is 0 Å². The van der Waals surface area contributed by atoms with Crippen LogP contribution in [0.15, 0.2) is 56.7 Å². The Morgan fingerprint density at radius 3 is 2.87 bits per heavy atom. The normalized spacial score (nSPS) is 10.8. The minimum Gasteiger partial charge on any atom is -0.459 e. The number of hydrogen-bond acceptors (Lipinski definition) is 6. The van der Waals surface area contributed by atoms with E-state index in [0.29, 0.717) is 17.1 Å². The molecule has 6 nitrogen and oxygen atoms in total. The summed E-state index contributed by atoms with van der Waals surface area (Å²) in [5.74, 6) is 0.433. The first-order valence-corrected chi connectivity index (χ1v) is 7.93. The molecule has 0 aliphatic heterocycles. The second kappa shape index (κ2) is 6.70. The van der Waals surface area contributed by atoms with E-state index in [0.717, 1.165) is 9.47 Å². The Labute approximate surface area is 136 Å². The summed E-state index contributed by atoms with van der Waals surface area (Å²) in [5.41, 5.74) is 0.460. The smallest absolute Gasteiger partial charge is 0.316 e. The van der Waals surface area contributed by atoms with Gasteiger partial charge in [0.05, 0.1) is 11.4 Å². The van der Waals surface area contributed by atoms with Crippen LogP contribution in [0.2, 0.25) is 0 Å². The standard InChI is InChI=1S/C16H14N2O4S/c1-11-7-14-17-12(8-15(19)18(14)22-11)9-21-16(20)10-23-13-5-3-2-4-6-13/h2-8H,9-10H2,1H3. The Morgan fingerprint density at radius 1 is 1.30 bits per heavy atom. The van der Waals surface area contributed by atoms with Crippen LogP contribution in [0, 0.1) is 6.92 Å². The highest BCUT2D eigenvalue weighted by Gasteiger charge is 2.09. The van der Waals surface area contributed by atoms with E-state index >= 15 is 0 Å². The highest BCUT2D eigenvalue weighted by Crippen LogP contribution is 2.17. The second-order valence-electron chi connectivity index (χ2n) is 4.85. The van der Waals surface area contributed by atoms with Crippen LogP contribution in [-0.4, -0.2) is 21.3 Å². The maximum absolute atomic E-state index is 11.9. The zero-order valence-electron chi connectivity index (χ0n) is 12.4. The number of esters is 1. The quantitative estimate of drug-likeness (QED) is 0.528. The Bertz CT molecular complexity index is 886. The minimum absolute atomic E-state index is 0.0375. The van der Waals surface area contributed by atoms with Gasteiger partial charge in [-0.1, -0.05) is 18.2 Å². The van der Waals surface area contributed by atoms with Crippen molar-refractivity contribution in [3.63, 3.8) is 0 Å². The Hall–Kier alpha value is -2.54. The van der Waals surface area contributed by atoms with Crippen molar-refractivity contribution >= 4 is 23.4 Å². The number of carbonyl (C=O) groups excluding carboxylic acids is 1. The molecule has 3 rings (SSSR count). The summed E-state index contributed by atoms with van der Waals surface area (Å²) in [6.07, 6.45) is 0. The topological polar surface area (TPSA) is 73.8 Å². The summed E-state index contributed by atoms with van der Waals surface area (Å²) in [5, 5.41) is 0. The number of ether oxygens (including phenoxy) is 1. The van der Waals surface area contributed by atoms with Gasteiger partial charge < -0.3 is 9.26 Å². The molecule has 2 heterocycles. The van der Waals surface area contributed by atoms with Crippen molar-refractivity contribution in [2.75, 3.05) is 5.75 Å². The minimum atomic E-state index is -0.357. The molecule has 0 aliphatic carbocycles.